The number of nitrogens with one attached hydrogen (secondary N) is 1. The van der Waals surface area contributed by atoms with Crippen molar-refractivity contribution in [2.75, 3.05) is 0 Å². The van der Waals surface area contributed by atoms with Gasteiger partial charge in [-0.25, -0.2) is 0 Å². The third-order valence-corrected chi connectivity index (χ3v) is 4.71. The molecule has 0 aliphatic rings. The summed E-state index contributed by atoms with van der Waals surface area (Å²) < 4.78 is 12.2. The average molecular weight is 280 g/mol. The molecule has 2 rings (SSSR count). The van der Waals surface area contributed by atoms with E-state index in [9.17, 15) is 4.57 Å². The van der Waals surface area contributed by atoms with Crippen LogP contribution in [0, 0.1) is 0 Å². The summed E-state index contributed by atoms with van der Waals surface area (Å²) >= 11 is 6.07. The van der Waals surface area contributed by atoms with E-state index in [0.717, 1.165) is 11.1 Å². The lowest BCUT2D eigenvalue weighted by molar-refractivity contribution is 0.574. The number of hydrogen-bond donors (Lipinski definition) is 1. The highest BCUT2D eigenvalue weighted by Gasteiger charge is 2.17. The quantitative estimate of drug-likeness (QED) is 0.822. The fourth-order valence-corrected chi connectivity index (χ4v) is 3.48. The summed E-state index contributed by atoms with van der Waals surface area (Å²) in [5.74, 6) is 0. The summed E-state index contributed by atoms with van der Waals surface area (Å²) in [4.78, 5) is 0. The Balaban J connectivity index is 1.94. The second-order valence-electron chi connectivity index (χ2n) is 4.12. The van der Waals surface area contributed by atoms with Crippen LogP contribution in [0.2, 0.25) is 0 Å². The largest absolute Gasteiger partial charge is 0.289 e. The van der Waals surface area contributed by atoms with Crippen molar-refractivity contribution in [2.24, 2.45) is 0 Å². The normalized spacial score (nSPS) is 14.1. The maximum atomic E-state index is 12.2. The minimum absolute atomic E-state index is 0.363. The molecule has 2 nitrogen and oxygen atoms in total. The van der Waals surface area contributed by atoms with Gasteiger partial charge in [-0.2, -0.15) is 0 Å². The van der Waals surface area contributed by atoms with E-state index in [1.807, 2.05) is 60.7 Å². The molecule has 0 spiro atoms. The number of halogens is 1. The van der Waals surface area contributed by atoms with E-state index < -0.39 is 6.65 Å². The predicted molar refractivity (Wildman–Crippen MR) is 76.9 cm³/mol. The Kier molecular flexibility index (Phi) is 4.60. The minimum Gasteiger partial charge on any atom is -0.289 e. The molecule has 18 heavy (non-hydrogen) atoms. The molecule has 94 valence electrons. The molecule has 0 amide bonds. The highest BCUT2D eigenvalue weighted by molar-refractivity contribution is 7.86. The summed E-state index contributed by atoms with van der Waals surface area (Å²) in [5, 5.41) is 2.94. The highest BCUT2D eigenvalue weighted by Crippen LogP contribution is 2.50. The molecule has 2 aromatic rings. The standard InChI is InChI=1S/C14H15ClNOP/c15-18(17,12-14-9-5-2-6-10-14)16-11-13-7-3-1-4-8-13/h1-10H,11-12H2,(H,16,17). The average Bonchev–Trinajstić information content (AvgIpc) is 2.38. The fourth-order valence-electron chi connectivity index (χ4n) is 1.68. The van der Waals surface area contributed by atoms with Crippen LogP contribution in [0.15, 0.2) is 60.7 Å². The van der Waals surface area contributed by atoms with Gasteiger partial charge in [0, 0.05) is 6.54 Å². The van der Waals surface area contributed by atoms with Gasteiger partial charge in [-0.05, 0) is 22.4 Å². The van der Waals surface area contributed by atoms with Crippen LogP contribution in [-0.2, 0) is 17.3 Å². The smallest absolute Gasteiger partial charge is 0.236 e. The summed E-state index contributed by atoms with van der Waals surface area (Å²) in [7, 11) is 0. The van der Waals surface area contributed by atoms with Gasteiger partial charge in [-0.3, -0.25) is 9.65 Å². The van der Waals surface area contributed by atoms with Gasteiger partial charge >= 0.3 is 0 Å². The van der Waals surface area contributed by atoms with E-state index in [4.69, 9.17) is 11.2 Å². The minimum atomic E-state index is -2.86. The highest BCUT2D eigenvalue weighted by atomic mass is 35.7. The Morgan fingerprint density at radius 2 is 1.39 bits per heavy atom. The third kappa shape index (κ3) is 4.30. The van der Waals surface area contributed by atoms with Gasteiger partial charge in [0.2, 0.25) is 6.65 Å². The van der Waals surface area contributed by atoms with Gasteiger partial charge in [0.15, 0.2) is 0 Å². The molecule has 0 bridgehead atoms. The van der Waals surface area contributed by atoms with E-state index in [1.54, 1.807) is 0 Å². The van der Waals surface area contributed by atoms with Crippen LogP contribution in [0.3, 0.4) is 0 Å². The molecule has 1 atom stereocenters. The fraction of sp³-hybridized carbons (Fsp3) is 0.143. The van der Waals surface area contributed by atoms with Crippen LogP contribution in [0.4, 0.5) is 0 Å². The summed E-state index contributed by atoms with van der Waals surface area (Å²) in [6.45, 7) is -2.34. The van der Waals surface area contributed by atoms with E-state index >= 15 is 0 Å². The van der Waals surface area contributed by atoms with Gasteiger partial charge in [0.1, 0.15) is 0 Å². The first kappa shape index (κ1) is 13.4. The van der Waals surface area contributed by atoms with Crippen LogP contribution in [0.25, 0.3) is 0 Å². The first-order chi connectivity index (χ1) is 8.66. The Labute approximate surface area is 112 Å². The first-order valence-corrected chi connectivity index (χ1v) is 8.57. The third-order valence-electron chi connectivity index (χ3n) is 2.59. The lowest BCUT2D eigenvalue weighted by Crippen LogP contribution is -2.08. The lowest BCUT2D eigenvalue weighted by atomic mass is 10.2. The van der Waals surface area contributed by atoms with E-state index in [1.165, 1.54) is 0 Å². The number of rotatable bonds is 5. The molecule has 0 heterocycles. The van der Waals surface area contributed by atoms with Crippen molar-refractivity contribution in [3.05, 3.63) is 71.8 Å². The van der Waals surface area contributed by atoms with E-state index in [0.29, 0.717) is 12.7 Å². The zero-order chi connectivity index (χ0) is 12.8. The van der Waals surface area contributed by atoms with Crippen molar-refractivity contribution in [2.45, 2.75) is 12.7 Å². The van der Waals surface area contributed by atoms with Gasteiger partial charge in [0.05, 0.1) is 6.16 Å². The van der Waals surface area contributed by atoms with Crippen molar-refractivity contribution in [3.63, 3.8) is 0 Å². The molecule has 0 radical (unpaired) electrons. The molecule has 4 heteroatoms. The van der Waals surface area contributed by atoms with Crippen molar-refractivity contribution in [1.29, 1.82) is 0 Å². The van der Waals surface area contributed by atoms with Crippen LogP contribution >= 0.6 is 17.9 Å². The molecule has 0 aliphatic heterocycles. The van der Waals surface area contributed by atoms with Crippen LogP contribution < -0.4 is 5.09 Å². The SMILES string of the molecule is O=P(Cl)(Cc1ccccc1)NCc1ccccc1. The molecule has 0 fully saturated rings. The second-order valence-corrected chi connectivity index (χ2v) is 7.69. The molecular weight excluding hydrogens is 265 g/mol. The topological polar surface area (TPSA) is 29.1 Å². The van der Waals surface area contributed by atoms with Crippen molar-refractivity contribution in [3.8, 4) is 0 Å². The van der Waals surface area contributed by atoms with E-state index in [2.05, 4.69) is 5.09 Å². The number of benzene rings is 2. The van der Waals surface area contributed by atoms with Gasteiger partial charge in [0.25, 0.3) is 0 Å². The first-order valence-electron chi connectivity index (χ1n) is 5.77. The summed E-state index contributed by atoms with van der Waals surface area (Å²) in [5.41, 5.74) is 2.06. The molecule has 1 N–H and O–H groups in total. The van der Waals surface area contributed by atoms with Crippen LogP contribution in [0.5, 0.6) is 0 Å². The molecule has 2 aromatic carbocycles. The van der Waals surface area contributed by atoms with Gasteiger partial charge in [-0.1, -0.05) is 60.7 Å². The van der Waals surface area contributed by atoms with Gasteiger partial charge < -0.3 is 0 Å². The van der Waals surface area contributed by atoms with Crippen molar-refractivity contribution in [1.82, 2.24) is 5.09 Å². The maximum absolute atomic E-state index is 12.2. The zero-order valence-electron chi connectivity index (χ0n) is 9.92. The summed E-state index contributed by atoms with van der Waals surface area (Å²) in [6, 6.07) is 19.4. The Hall–Kier alpha value is -1.08. The Morgan fingerprint density at radius 3 is 1.94 bits per heavy atom. The molecular formula is C14H15ClNOP. The Bertz CT molecular complexity index is 530. The van der Waals surface area contributed by atoms with Crippen LogP contribution in [0.1, 0.15) is 11.1 Å². The predicted octanol–water partition coefficient (Wildman–Crippen LogP) is 4.41. The molecule has 0 aromatic heterocycles. The van der Waals surface area contributed by atoms with Crippen LogP contribution in [-0.4, -0.2) is 0 Å². The number of hydrogen-bond acceptors (Lipinski definition) is 1. The lowest BCUT2D eigenvalue weighted by Gasteiger charge is -2.12. The zero-order valence-corrected chi connectivity index (χ0v) is 11.6. The van der Waals surface area contributed by atoms with Crippen molar-refractivity contribution < 1.29 is 4.57 Å². The molecule has 0 saturated heterocycles. The maximum Gasteiger partial charge on any atom is 0.236 e. The Morgan fingerprint density at radius 1 is 0.889 bits per heavy atom. The molecule has 0 saturated carbocycles. The second kappa shape index (κ2) is 6.19. The molecule has 1 unspecified atom stereocenters. The van der Waals surface area contributed by atoms with E-state index in [-0.39, 0.29) is 0 Å². The molecule has 0 aliphatic carbocycles. The van der Waals surface area contributed by atoms with Gasteiger partial charge in [-0.15, -0.1) is 0 Å². The summed E-state index contributed by atoms with van der Waals surface area (Å²) in [6.07, 6.45) is 0.363. The monoisotopic (exact) mass is 279 g/mol. The van der Waals surface area contributed by atoms with Crippen molar-refractivity contribution >= 4 is 17.9 Å².